The number of allylic oxidation sites excluding steroid dienone is 4. The van der Waals surface area contributed by atoms with E-state index in [0.29, 0.717) is 12.8 Å². The molecule has 0 radical (unpaired) electrons. The zero-order valence-corrected chi connectivity index (χ0v) is 36.0. The van der Waals surface area contributed by atoms with Crippen LogP contribution in [0, 0.1) is 0 Å². The van der Waals surface area contributed by atoms with Crippen molar-refractivity contribution in [2.24, 2.45) is 0 Å². The van der Waals surface area contributed by atoms with Crippen LogP contribution in [0.3, 0.4) is 0 Å². The Balaban J connectivity index is 4.32. The minimum atomic E-state index is -4.62. The maximum atomic E-state index is 12.6. The first-order chi connectivity index (χ1) is 26.7. The normalized spacial score (nSPS) is 14.1. The number of hydrogen-bond acceptors (Lipinski definition) is 9. The number of hydrogen-bond donors (Lipinski definition) is 3. The van der Waals surface area contributed by atoms with Crippen molar-refractivity contribution in [3.8, 4) is 0 Å². The van der Waals surface area contributed by atoms with Gasteiger partial charge in [-0.15, -0.1) is 0 Å². The second-order valence-electron chi connectivity index (χ2n) is 15.1. The number of aliphatic hydroxyl groups excluding tert-OH is 2. The average molecular weight is 803 g/mol. The highest BCUT2D eigenvalue weighted by atomic mass is 31.2. The molecule has 1 unspecified atom stereocenters. The van der Waals surface area contributed by atoms with Gasteiger partial charge in [-0.3, -0.25) is 18.6 Å². The van der Waals surface area contributed by atoms with Gasteiger partial charge in [-0.1, -0.05) is 179 Å². The van der Waals surface area contributed by atoms with E-state index in [4.69, 9.17) is 19.1 Å². The Morgan fingerprint density at radius 1 is 0.545 bits per heavy atom. The Morgan fingerprint density at radius 2 is 0.964 bits per heavy atom. The summed E-state index contributed by atoms with van der Waals surface area (Å²) in [6.45, 7) is 2.36. The van der Waals surface area contributed by atoms with Crippen molar-refractivity contribution in [3.63, 3.8) is 0 Å². The maximum Gasteiger partial charge on any atom is 0.472 e. The third-order valence-electron chi connectivity index (χ3n) is 9.61. The number of ether oxygens (including phenoxy) is 2. The van der Waals surface area contributed by atoms with Crippen LogP contribution in [0.25, 0.3) is 0 Å². The molecule has 0 aliphatic carbocycles. The molecule has 0 rings (SSSR count). The van der Waals surface area contributed by atoms with E-state index in [1.54, 1.807) is 0 Å². The number of aliphatic hydroxyl groups is 2. The molecule has 10 nitrogen and oxygen atoms in total. The Bertz CT molecular complexity index is 972. The van der Waals surface area contributed by atoms with Gasteiger partial charge in [-0.25, -0.2) is 4.57 Å². The van der Waals surface area contributed by atoms with Crippen molar-refractivity contribution < 1.29 is 47.8 Å². The highest BCUT2D eigenvalue weighted by Crippen LogP contribution is 2.43. The topological polar surface area (TPSA) is 149 Å². The Hall–Kier alpha value is -1.55. The summed E-state index contributed by atoms with van der Waals surface area (Å²) in [7, 11) is -4.62. The van der Waals surface area contributed by atoms with Crippen LogP contribution in [-0.2, 0) is 32.7 Å². The van der Waals surface area contributed by atoms with E-state index >= 15 is 0 Å². The number of carbonyl (C=O) groups is 2. The predicted octanol–water partition coefficient (Wildman–Crippen LogP) is 11.8. The van der Waals surface area contributed by atoms with Crippen molar-refractivity contribution in [2.75, 3.05) is 26.4 Å². The molecule has 0 aromatic heterocycles. The summed E-state index contributed by atoms with van der Waals surface area (Å²) in [5.41, 5.74) is 0. The van der Waals surface area contributed by atoms with Gasteiger partial charge in [0.1, 0.15) is 12.7 Å². The SMILES string of the molecule is CCCCCCCCCCC/C=C/C/C=C/CCCC(=O)OC[C@H](COP(=O)(O)OC[C@@H](O)CO)OC(=O)CCCCCCCCCCCCCCCCC. The highest BCUT2D eigenvalue weighted by Gasteiger charge is 2.27. The van der Waals surface area contributed by atoms with Crippen molar-refractivity contribution in [3.05, 3.63) is 24.3 Å². The lowest BCUT2D eigenvalue weighted by atomic mass is 10.0. The van der Waals surface area contributed by atoms with E-state index in [9.17, 15) is 24.2 Å². The number of esters is 2. The van der Waals surface area contributed by atoms with Crippen LogP contribution in [0.4, 0.5) is 0 Å². The summed E-state index contributed by atoms with van der Waals surface area (Å²) in [4.78, 5) is 35.0. The standard InChI is InChI=1S/C44H83O10P/c1-3-5-7-9-11-13-15-17-19-20-22-23-25-27-29-31-33-35-43(47)51-39-42(40-53-55(49,50)52-38-41(46)37-45)54-44(48)36-34-32-30-28-26-24-21-18-16-14-12-10-8-6-4-2/h22-23,27,29,41-42,45-46H,3-21,24-26,28,30-40H2,1-2H3,(H,49,50)/b23-22+,29-27+/t41-,42+/m0/s1. The van der Waals surface area contributed by atoms with Crippen LogP contribution in [0.2, 0.25) is 0 Å². The lowest BCUT2D eigenvalue weighted by molar-refractivity contribution is -0.161. The van der Waals surface area contributed by atoms with Crippen LogP contribution in [0.5, 0.6) is 0 Å². The summed E-state index contributed by atoms with van der Waals surface area (Å²) < 4.78 is 32.7. The van der Waals surface area contributed by atoms with E-state index in [0.717, 1.165) is 38.5 Å². The number of phosphoric acid groups is 1. The molecular weight excluding hydrogens is 719 g/mol. The van der Waals surface area contributed by atoms with Gasteiger partial charge in [0.2, 0.25) is 0 Å². The van der Waals surface area contributed by atoms with Gasteiger partial charge in [0.25, 0.3) is 0 Å². The summed E-state index contributed by atoms with van der Waals surface area (Å²) in [6, 6.07) is 0. The second kappa shape index (κ2) is 40.6. The summed E-state index contributed by atoms with van der Waals surface area (Å²) >= 11 is 0. The smallest absolute Gasteiger partial charge is 0.462 e. The Morgan fingerprint density at radius 3 is 1.45 bits per heavy atom. The van der Waals surface area contributed by atoms with E-state index in [2.05, 4.69) is 42.7 Å². The fourth-order valence-electron chi connectivity index (χ4n) is 6.15. The van der Waals surface area contributed by atoms with Crippen molar-refractivity contribution in [1.82, 2.24) is 0 Å². The molecule has 3 atom stereocenters. The molecule has 0 aromatic carbocycles. The second-order valence-corrected chi connectivity index (χ2v) is 16.5. The van der Waals surface area contributed by atoms with Crippen molar-refractivity contribution >= 4 is 19.8 Å². The van der Waals surface area contributed by atoms with Crippen LogP contribution in [-0.4, -0.2) is 65.7 Å². The van der Waals surface area contributed by atoms with E-state index in [-0.39, 0.29) is 19.4 Å². The summed E-state index contributed by atoms with van der Waals surface area (Å²) in [5, 5.41) is 18.3. The van der Waals surface area contributed by atoms with E-state index < -0.39 is 51.8 Å². The van der Waals surface area contributed by atoms with Crippen LogP contribution in [0.1, 0.15) is 206 Å². The van der Waals surface area contributed by atoms with Gasteiger partial charge >= 0.3 is 19.8 Å². The van der Waals surface area contributed by atoms with Gasteiger partial charge in [0.05, 0.1) is 19.8 Å². The molecule has 0 aliphatic heterocycles. The summed E-state index contributed by atoms with van der Waals surface area (Å²) in [6.07, 6.45) is 40.1. The Labute approximate surface area is 336 Å². The molecule has 0 fully saturated rings. The summed E-state index contributed by atoms with van der Waals surface area (Å²) in [5.74, 6) is -0.969. The van der Waals surface area contributed by atoms with Crippen LogP contribution < -0.4 is 0 Å². The molecule has 0 bridgehead atoms. The molecule has 0 aliphatic rings. The molecular formula is C44H83O10P. The number of phosphoric ester groups is 1. The van der Waals surface area contributed by atoms with Gasteiger partial charge in [-0.05, 0) is 38.5 Å². The minimum Gasteiger partial charge on any atom is -0.462 e. The van der Waals surface area contributed by atoms with Crippen LogP contribution >= 0.6 is 7.82 Å². The fraction of sp³-hybridized carbons (Fsp3) is 0.864. The van der Waals surface area contributed by atoms with E-state index in [1.807, 2.05) is 0 Å². The number of carbonyl (C=O) groups excluding carboxylic acids is 2. The molecule has 324 valence electrons. The minimum absolute atomic E-state index is 0.180. The lowest BCUT2D eigenvalue weighted by Gasteiger charge is -2.20. The molecule has 0 saturated heterocycles. The molecule has 0 heterocycles. The monoisotopic (exact) mass is 803 g/mol. The van der Waals surface area contributed by atoms with Crippen molar-refractivity contribution in [1.29, 1.82) is 0 Å². The first-order valence-electron chi connectivity index (χ1n) is 22.3. The molecule has 55 heavy (non-hydrogen) atoms. The largest absolute Gasteiger partial charge is 0.472 e. The zero-order valence-electron chi connectivity index (χ0n) is 35.2. The van der Waals surface area contributed by atoms with Gasteiger partial charge in [-0.2, -0.15) is 0 Å². The van der Waals surface area contributed by atoms with Crippen LogP contribution in [0.15, 0.2) is 24.3 Å². The molecule has 11 heteroatoms. The third kappa shape index (κ3) is 40.4. The molecule has 0 amide bonds. The average Bonchev–Trinajstić information content (AvgIpc) is 3.17. The molecule has 0 spiro atoms. The molecule has 3 N–H and O–H groups in total. The quantitative estimate of drug-likeness (QED) is 0.0236. The van der Waals surface area contributed by atoms with Crippen molar-refractivity contribution in [2.45, 2.75) is 219 Å². The predicted molar refractivity (Wildman–Crippen MR) is 224 cm³/mol. The highest BCUT2D eigenvalue weighted by molar-refractivity contribution is 7.47. The maximum absolute atomic E-state index is 12.6. The zero-order chi connectivity index (χ0) is 40.5. The van der Waals surface area contributed by atoms with Gasteiger partial charge < -0.3 is 24.6 Å². The van der Waals surface area contributed by atoms with Gasteiger partial charge in [0.15, 0.2) is 6.10 Å². The lowest BCUT2D eigenvalue weighted by Crippen LogP contribution is -2.29. The van der Waals surface area contributed by atoms with E-state index in [1.165, 1.54) is 128 Å². The molecule has 0 saturated carbocycles. The first-order valence-corrected chi connectivity index (χ1v) is 23.8. The Kier molecular flexibility index (Phi) is 39.5. The van der Waals surface area contributed by atoms with Gasteiger partial charge in [0, 0.05) is 12.8 Å². The number of unbranched alkanes of at least 4 members (excludes halogenated alkanes) is 24. The number of rotatable bonds is 42. The first kappa shape index (κ1) is 53.5. The third-order valence-corrected chi connectivity index (χ3v) is 10.6. The molecule has 0 aromatic rings. The fourth-order valence-corrected chi connectivity index (χ4v) is 6.94.